The van der Waals surface area contributed by atoms with Crippen LogP contribution in [0.2, 0.25) is 0 Å². The number of nitrogens with one attached hydrogen (secondary N) is 2. The average molecular weight is 552 g/mol. The van der Waals surface area contributed by atoms with Crippen molar-refractivity contribution in [2.45, 2.75) is 72.3 Å². The number of carbonyl (C=O) groups excluding carboxylic acids is 2. The molecule has 2 aliphatic rings. The summed E-state index contributed by atoms with van der Waals surface area (Å²) in [6.07, 6.45) is 6.79. The number of thioether (sulfide) groups is 1. The number of anilines is 2. The molecule has 2 amide bonds. The summed E-state index contributed by atoms with van der Waals surface area (Å²) < 4.78 is 0.875. The number of quaternary nitrogens is 1. The Labute approximate surface area is 239 Å². The molecule has 2 aromatic carbocycles. The van der Waals surface area contributed by atoms with Crippen LogP contribution < -0.4 is 10.6 Å². The van der Waals surface area contributed by atoms with Gasteiger partial charge in [0.15, 0.2) is 6.54 Å². The van der Waals surface area contributed by atoms with E-state index in [0.29, 0.717) is 6.54 Å². The van der Waals surface area contributed by atoms with Crippen LogP contribution >= 0.6 is 11.8 Å². The number of amides is 2. The van der Waals surface area contributed by atoms with Crippen LogP contribution in [0.3, 0.4) is 0 Å². The van der Waals surface area contributed by atoms with E-state index in [1.807, 2.05) is 23.9 Å². The third kappa shape index (κ3) is 7.86. The minimum absolute atomic E-state index is 0.0773. The van der Waals surface area contributed by atoms with Crippen molar-refractivity contribution in [1.82, 2.24) is 4.90 Å². The highest BCUT2D eigenvalue weighted by Gasteiger charge is 2.33. The van der Waals surface area contributed by atoms with Gasteiger partial charge in [0.05, 0.1) is 25.7 Å². The van der Waals surface area contributed by atoms with Gasteiger partial charge in [-0.2, -0.15) is 0 Å². The van der Waals surface area contributed by atoms with E-state index in [1.54, 1.807) is 0 Å². The van der Waals surface area contributed by atoms with E-state index in [9.17, 15) is 9.59 Å². The second-order valence-corrected chi connectivity index (χ2v) is 12.7. The molecule has 7 heteroatoms. The molecule has 0 spiro atoms. The van der Waals surface area contributed by atoms with Gasteiger partial charge in [0.2, 0.25) is 5.91 Å². The monoisotopic (exact) mass is 551 g/mol. The zero-order chi connectivity index (χ0) is 27.8. The van der Waals surface area contributed by atoms with Crippen LogP contribution in [0.25, 0.3) is 0 Å². The average Bonchev–Trinajstić information content (AvgIpc) is 2.92. The van der Waals surface area contributed by atoms with E-state index in [1.165, 1.54) is 19.3 Å². The first-order valence-corrected chi connectivity index (χ1v) is 15.8. The second-order valence-electron chi connectivity index (χ2n) is 11.7. The molecule has 6 nitrogen and oxygen atoms in total. The fraction of sp³-hybridized carbons (Fsp3) is 0.562. The first-order chi connectivity index (χ1) is 18.8. The maximum Gasteiger partial charge on any atom is 0.279 e. The first-order valence-electron chi connectivity index (χ1n) is 14.7. The molecule has 4 rings (SSSR count). The SMILES string of the molecule is Cc1cccc(C)c1NC(=O)C[N+]1(CCSCN2CCCC[C@@H]2C(=O)Nc2c(C)cccc2C)CCCCC1. The van der Waals surface area contributed by atoms with Crippen LogP contribution in [0.15, 0.2) is 36.4 Å². The second kappa shape index (κ2) is 13.8. The molecule has 2 saturated heterocycles. The van der Waals surface area contributed by atoms with Crippen molar-refractivity contribution in [2.24, 2.45) is 0 Å². The summed E-state index contributed by atoms with van der Waals surface area (Å²) in [4.78, 5) is 28.9. The van der Waals surface area contributed by atoms with Gasteiger partial charge in [-0.3, -0.25) is 14.5 Å². The molecule has 0 bridgehead atoms. The van der Waals surface area contributed by atoms with Crippen LogP contribution in [0.5, 0.6) is 0 Å². The van der Waals surface area contributed by atoms with Crippen molar-refractivity contribution in [2.75, 3.05) is 55.0 Å². The highest BCUT2D eigenvalue weighted by molar-refractivity contribution is 7.99. The number of aryl methyl sites for hydroxylation is 4. The number of likely N-dealkylation sites (tertiary alicyclic amines) is 2. The van der Waals surface area contributed by atoms with Gasteiger partial charge in [-0.15, -0.1) is 11.8 Å². The molecule has 212 valence electrons. The van der Waals surface area contributed by atoms with Gasteiger partial charge < -0.3 is 15.1 Å². The van der Waals surface area contributed by atoms with Gasteiger partial charge in [-0.1, -0.05) is 42.8 Å². The minimum Gasteiger partial charge on any atom is -0.324 e. The molecule has 2 aliphatic heterocycles. The zero-order valence-corrected chi connectivity index (χ0v) is 25.2. The molecule has 2 N–H and O–H groups in total. The highest BCUT2D eigenvalue weighted by atomic mass is 32.2. The smallest absolute Gasteiger partial charge is 0.279 e. The van der Waals surface area contributed by atoms with E-state index in [2.05, 4.69) is 67.5 Å². The number of carbonyl (C=O) groups is 2. The number of piperidine rings is 2. The lowest BCUT2D eigenvalue weighted by molar-refractivity contribution is -0.922. The number of nitrogens with zero attached hydrogens (tertiary/aromatic N) is 2. The third-order valence-corrected chi connectivity index (χ3v) is 9.59. The summed E-state index contributed by atoms with van der Waals surface area (Å²) in [5.74, 6) is 2.10. The standard InChI is InChI=1S/C32H46N4O2S/c1-24-12-10-13-25(2)30(24)33-29(37)22-36(18-8-5-9-19-36)20-21-39-23-35-17-7-6-16-28(35)32(38)34-31-26(3)14-11-15-27(31)4/h10-15,28H,5-9,16-23H2,1-4H3,(H-,33,34,37,38)/p+1/t28-/m1/s1. The number of benzene rings is 2. The maximum atomic E-state index is 13.3. The molecule has 39 heavy (non-hydrogen) atoms. The number of para-hydroxylation sites is 2. The lowest BCUT2D eigenvalue weighted by Crippen LogP contribution is -2.56. The predicted molar refractivity (Wildman–Crippen MR) is 164 cm³/mol. The molecule has 2 heterocycles. The Morgan fingerprint density at radius 1 is 0.846 bits per heavy atom. The van der Waals surface area contributed by atoms with Crippen LogP contribution in [0.4, 0.5) is 11.4 Å². The molecule has 0 aliphatic carbocycles. The summed E-state index contributed by atoms with van der Waals surface area (Å²) in [6.45, 7) is 12.9. The summed E-state index contributed by atoms with van der Waals surface area (Å²) in [5.41, 5.74) is 6.36. The molecule has 0 radical (unpaired) electrons. The molecule has 2 fully saturated rings. The van der Waals surface area contributed by atoms with Crippen LogP contribution in [-0.2, 0) is 9.59 Å². The van der Waals surface area contributed by atoms with E-state index in [0.717, 1.165) is 95.2 Å². The van der Waals surface area contributed by atoms with Gasteiger partial charge in [0.25, 0.3) is 5.91 Å². The van der Waals surface area contributed by atoms with E-state index >= 15 is 0 Å². The normalized spacial score (nSPS) is 19.4. The number of hydrogen-bond acceptors (Lipinski definition) is 4. The Bertz CT molecular complexity index is 1100. The van der Waals surface area contributed by atoms with Crippen molar-refractivity contribution in [3.8, 4) is 0 Å². The first kappa shape index (κ1) is 29.6. The molecule has 2 aromatic rings. The lowest BCUT2D eigenvalue weighted by atomic mass is 10.0. The van der Waals surface area contributed by atoms with Crippen molar-refractivity contribution < 1.29 is 14.1 Å². The molecule has 0 saturated carbocycles. The van der Waals surface area contributed by atoms with E-state index in [4.69, 9.17) is 0 Å². The largest absolute Gasteiger partial charge is 0.324 e. The predicted octanol–water partition coefficient (Wildman–Crippen LogP) is 6.04. The maximum absolute atomic E-state index is 13.3. The summed E-state index contributed by atoms with van der Waals surface area (Å²) in [5, 5.41) is 6.46. The van der Waals surface area contributed by atoms with Gasteiger partial charge in [-0.05, 0) is 88.6 Å². The van der Waals surface area contributed by atoms with Gasteiger partial charge in [0.1, 0.15) is 0 Å². The Hall–Kier alpha value is -2.35. The van der Waals surface area contributed by atoms with Crippen molar-refractivity contribution in [1.29, 1.82) is 0 Å². The lowest BCUT2D eigenvalue weighted by Gasteiger charge is -2.41. The fourth-order valence-corrected chi connectivity index (χ4v) is 7.43. The number of rotatable bonds is 10. The number of hydrogen-bond donors (Lipinski definition) is 2. The Morgan fingerprint density at radius 2 is 1.44 bits per heavy atom. The van der Waals surface area contributed by atoms with Crippen LogP contribution in [0, 0.1) is 27.7 Å². The molecule has 0 aromatic heterocycles. The van der Waals surface area contributed by atoms with E-state index in [-0.39, 0.29) is 17.9 Å². The topological polar surface area (TPSA) is 61.4 Å². The Kier molecular flexibility index (Phi) is 10.5. The van der Waals surface area contributed by atoms with Gasteiger partial charge in [0, 0.05) is 23.0 Å². The molecular weight excluding hydrogens is 504 g/mol. The molecule has 1 atom stereocenters. The Balaban J connectivity index is 1.32. The quantitative estimate of drug-likeness (QED) is 0.279. The van der Waals surface area contributed by atoms with Gasteiger partial charge >= 0.3 is 0 Å². The van der Waals surface area contributed by atoms with Crippen molar-refractivity contribution in [3.63, 3.8) is 0 Å². The summed E-state index contributed by atoms with van der Waals surface area (Å²) in [6, 6.07) is 12.2. The molecule has 0 unspecified atom stereocenters. The molecular formula is C32H47N4O2S+. The highest BCUT2D eigenvalue weighted by Crippen LogP contribution is 2.26. The van der Waals surface area contributed by atoms with Crippen LogP contribution in [-0.4, -0.2) is 71.6 Å². The van der Waals surface area contributed by atoms with E-state index < -0.39 is 0 Å². The summed E-state index contributed by atoms with van der Waals surface area (Å²) >= 11 is 1.92. The fourth-order valence-electron chi connectivity index (χ4n) is 6.24. The zero-order valence-electron chi connectivity index (χ0n) is 24.4. The van der Waals surface area contributed by atoms with Crippen LogP contribution in [0.1, 0.15) is 60.8 Å². The summed E-state index contributed by atoms with van der Waals surface area (Å²) in [7, 11) is 0. The van der Waals surface area contributed by atoms with Gasteiger partial charge in [-0.25, -0.2) is 0 Å². The Morgan fingerprint density at radius 3 is 2.05 bits per heavy atom. The minimum atomic E-state index is -0.0773. The van der Waals surface area contributed by atoms with Crippen molar-refractivity contribution in [3.05, 3.63) is 58.7 Å². The van der Waals surface area contributed by atoms with Crippen molar-refractivity contribution >= 4 is 35.0 Å². The third-order valence-electron chi connectivity index (χ3n) is 8.60.